The predicted octanol–water partition coefficient (Wildman–Crippen LogP) is 5.94. The maximum Gasteiger partial charge on any atom is 0.391 e. The van der Waals surface area contributed by atoms with E-state index in [1.165, 1.54) is 0 Å². The molecule has 1 aromatic heterocycles. The first kappa shape index (κ1) is 22.3. The molecule has 1 aliphatic rings. The molecule has 1 aliphatic heterocycles. The Balaban J connectivity index is 1.44. The molecule has 0 unspecified atom stereocenters. The van der Waals surface area contributed by atoms with E-state index in [9.17, 15) is 13.2 Å². The van der Waals surface area contributed by atoms with Crippen molar-refractivity contribution >= 4 is 34.0 Å². The van der Waals surface area contributed by atoms with Crippen LogP contribution in [-0.4, -0.2) is 41.9 Å². The van der Waals surface area contributed by atoms with Crippen molar-refractivity contribution in [2.24, 2.45) is 13.0 Å². The Morgan fingerprint density at radius 2 is 1.62 bits per heavy atom. The molecular weight excluding hydrogens is 415 g/mol. The largest absolute Gasteiger partial charge is 0.391 e. The van der Waals surface area contributed by atoms with Crippen molar-refractivity contribution in [1.29, 1.82) is 0 Å². The number of hydrogen-bond donors (Lipinski definition) is 1. The van der Waals surface area contributed by atoms with Crippen LogP contribution in [0.1, 0.15) is 26.7 Å². The summed E-state index contributed by atoms with van der Waals surface area (Å²) in [5, 5.41) is 3.41. The maximum absolute atomic E-state index is 12.9. The number of nitrogens with one attached hydrogen (secondary N) is 1. The lowest BCUT2D eigenvalue weighted by Gasteiger charge is -2.34. The zero-order valence-electron chi connectivity index (χ0n) is 18.8. The zero-order valence-corrected chi connectivity index (χ0v) is 18.8. The molecule has 3 aromatic rings. The second-order valence-electron chi connectivity index (χ2n) is 8.32. The van der Waals surface area contributed by atoms with E-state index in [2.05, 4.69) is 34.7 Å². The van der Waals surface area contributed by atoms with Gasteiger partial charge in [-0.15, -0.1) is 0 Å². The van der Waals surface area contributed by atoms with Crippen molar-refractivity contribution in [3.63, 3.8) is 0 Å². The Morgan fingerprint density at radius 3 is 2.22 bits per heavy atom. The topological polar surface area (TPSA) is 36.3 Å². The van der Waals surface area contributed by atoms with Gasteiger partial charge in [0.1, 0.15) is 0 Å². The molecule has 0 radical (unpaired) electrons. The van der Waals surface area contributed by atoms with Crippen molar-refractivity contribution in [2.45, 2.75) is 32.9 Å². The van der Waals surface area contributed by atoms with Gasteiger partial charge in [0.15, 0.2) is 0 Å². The van der Waals surface area contributed by atoms with E-state index in [1.807, 2.05) is 48.3 Å². The summed E-state index contributed by atoms with van der Waals surface area (Å²) in [6.45, 7) is 6.92. The van der Waals surface area contributed by atoms with E-state index >= 15 is 0 Å². The quantitative estimate of drug-likeness (QED) is 0.509. The molecule has 0 saturated carbocycles. The number of rotatable bonds is 6. The average molecular weight is 446 g/mol. The molecule has 8 heteroatoms. The summed E-state index contributed by atoms with van der Waals surface area (Å²) in [5.74, 6) is -0.218. The van der Waals surface area contributed by atoms with Crippen molar-refractivity contribution in [1.82, 2.24) is 9.55 Å². The molecule has 0 amide bonds. The molecule has 0 aliphatic carbocycles. The van der Waals surface area contributed by atoms with Gasteiger partial charge in [-0.2, -0.15) is 13.2 Å². The highest BCUT2D eigenvalue weighted by Crippen LogP contribution is 2.35. The van der Waals surface area contributed by atoms with Gasteiger partial charge in [0.05, 0.1) is 17.0 Å². The molecule has 4 rings (SSSR count). The van der Waals surface area contributed by atoms with Gasteiger partial charge >= 0.3 is 6.18 Å². The minimum Gasteiger partial charge on any atom is -0.372 e. The number of fused-ring (bicyclic) bond motifs is 1. The van der Waals surface area contributed by atoms with Crippen LogP contribution in [0.2, 0.25) is 0 Å². The lowest BCUT2D eigenvalue weighted by Crippen LogP contribution is -2.38. The van der Waals surface area contributed by atoms with Crippen molar-refractivity contribution < 1.29 is 13.2 Å². The van der Waals surface area contributed by atoms with Crippen LogP contribution in [0.3, 0.4) is 0 Å². The number of nitrogens with zero attached hydrogens (tertiary/aromatic N) is 4. The van der Waals surface area contributed by atoms with E-state index in [-0.39, 0.29) is 12.8 Å². The zero-order chi connectivity index (χ0) is 22.9. The van der Waals surface area contributed by atoms with Crippen LogP contribution in [0.5, 0.6) is 0 Å². The van der Waals surface area contributed by atoms with Crippen LogP contribution in [0, 0.1) is 5.92 Å². The van der Waals surface area contributed by atoms with E-state index in [4.69, 9.17) is 4.98 Å². The smallest absolute Gasteiger partial charge is 0.372 e. The van der Waals surface area contributed by atoms with Gasteiger partial charge in [-0.05, 0) is 69.2 Å². The molecule has 0 bridgehead atoms. The molecule has 1 N–H and O–H groups in total. The summed E-state index contributed by atoms with van der Waals surface area (Å²) < 4.78 is 40.8. The molecule has 1 saturated heterocycles. The SMILES string of the molecule is CCN(CC)c1nc2cc(Nc3ccc(N4CCC(C(F)(F)F)CC4)cc3)ccc2n1C. The van der Waals surface area contributed by atoms with Gasteiger partial charge in [0.25, 0.3) is 0 Å². The number of alkyl halides is 3. The average Bonchev–Trinajstić information content (AvgIpc) is 3.10. The van der Waals surface area contributed by atoms with Gasteiger partial charge in [0, 0.05) is 50.3 Å². The number of hydrogen-bond acceptors (Lipinski definition) is 4. The molecule has 2 aromatic carbocycles. The fourth-order valence-corrected chi connectivity index (χ4v) is 4.44. The third-order valence-electron chi connectivity index (χ3n) is 6.38. The highest BCUT2D eigenvalue weighted by atomic mass is 19.4. The molecule has 1 fully saturated rings. The summed E-state index contributed by atoms with van der Waals surface area (Å²) in [6, 6.07) is 14.0. The van der Waals surface area contributed by atoms with E-state index in [1.54, 1.807) is 0 Å². The summed E-state index contributed by atoms with van der Waals surface area (Å²) in [7, 11) is 2.03. The van der Waals surface area contributed by atoms with Gasteiger partial charge in [0.2, 0.25) is 5.95 Å². The third-order valence-corrected chi connectivity index (χ3v) is 6.38. The Kier molecular flexibility index (Phi) is 6.22. The fraction of sp³-hybridized carbons (Fsp3) is 0.458. The second-order valence-corrected chi connectivity index (χ2v) is 8.32. The summed E-state index contributed by atoms with van der Waals surface area (Å²) in [6.07, 6.45) is -3.77. The molecule has 32 heavy (non-hydrogen) atoms. The molecule has 0 atom stereocenters. The Labute approximate surface area is 186 Å². The molecule has 172 valence electrons. The first-order chi connectivity index (χ1) is 15.3. The van der Waals surface area contributed by atoms with Gasteiger partial charge in [-0.1, -0.05) is 0 Å². The monoisotopic (exact) mass is 445 g/mol. The number of halogens is 3. The Bertz CT molecular complexity index is 1050. The van der Waals surface area contributed by atoms with Crippen LogP contribution >= 0.6 is 0 Å². The molecule has 5 nitrogen and oxygen atoms in total. The van der Waals surface area contributed by atoms with Crippen LogP contribution in [-0.2, 0) is 7.05 Å². The van der Waals surface area contributed by atoms with Crippen molar-refractivity contribution in [3.8, 4) is 0 Å². The number of benzene rings is 2. The number of aryl methyl sites for hydroxylation is 1. The summed E-state index contributed by atoms with van der Waals surface area (Å²) in [4.78, 5) is 9.07. The number of anilines is 4. The maximum atomic E-state index is 12.9. The van der Waals surface area contributed by atoms with Crippen LogP contribution in [0.15, 0.2) is 42.5 Å². The predicted molar refractivity (Wildman–Crippen MR) is 125 cm³/mol. The van der Waals surface area contributed by atoms with E-state index in [0.717, 1.165) is 47.1 Å². The highest BCUT2D eigenvalue weighted by molar-refractivity contribution is 5.83. The first-order valence-electron chi connectivity index (χ1n) is 11.2. The minimum atomic E-state index is -4.08. The lowest BCUT2D eigenvalue weighted by atomic mass is 9.96. The van der Waals surface area contributed by atoms with Crippen LogP contribution < -0.4 is 15.1 Å². The van der Waals surface area contributed by atoms with Gasteiger partial charge in [-0.3, -0.25) is 0 Å². The number of piperidine rings is 1. The fourth-order valence-electron chi connectivity index (χ4n) is 4.44. The van der Waals surface area contributed by atoms with Gasteiger partial charge < -0.3 is 19.7 Å². The second kappa shape index (κ2) is 8.92. The van der Waals surface area contributed by atoms with Crippen molar-refractivity contribution in [3.05, 3.63) is 42.5 Å². The minimum absolute atomic E-state index is 0.156. The Morgan fingerprint density at radius 1 is 1.00 bits per heavy atom. The van der Waals surface area contributed by atoms with Crippen LogP contribution in [0.25, 0.3) is 11.0 Å². The third kappa shape index (κ3) is 4.49. The highest BCUT2D eigenvalue weighted by Gasteiger charge is 2.41. The van der Waals surface area contributed by atoms with Gasteiger partial charge in [-0.25, -0.2) is 4.98 Å². The lowest BCUT2D eigenvalue weighted by molar-refractivity contribution is -0.179. The normalized spacial score (nSPS) is 15.4. The summed E-state index contributed by atoms with van der Waals surface area (Å²) >= 11 is 0. The standard InChI is InChI=1S/C24H30F3N5/c1-4-31(5-2)23-29-21-16-19(8-11-22(21)30(23)3)28-18-6-9-20(10-7-18)32-14-12-17(13-15-32)24(25,26)27/h6-11,16-17,28H,4-5,12-15H2,1-3H3. The van der Waals surface area contributed by atoms with E-state index in [0.29, 0.717) is 13.1 Å². The molecule has 2 heterocycles. The molecular formula is C24H30F3N5. The van der Waals surface area contributed by atoms with E-state index < -0.39 is 12.1 Å². The molecule has 0 spiro atoms. The summed E-state index contributed by atoms with van der Waals surface area (Å²) in [5.41, 5.74) is 4.84. The Hall–Kier alpha value is -2.90. The first-order valence-corrected chi connectivity index (χ1v) is 11.2. The number of aromatic nitrogens is 2. The van der Waals surface area contributed by atoms with Crippen LogP contribution in [0.4, 0.5) is 36.2 Å². The van der Waals surface area contributed by atoms with Crippen molar-refractivity contribution in [2.75, 3.05) is 41.3 Å². The number of imidazole rings is 1.